The second kappa shape index (κ2) is 6.09. The maximum Gasteiger partial charge on any atom is 0.197 e. The summed E-state index contributed by atoms with van der Waals surface area (Å²) in [6, 6.07) is 14.9. The minimum atomic E-state index is 0.117. The lowest BCUT2D eigenvalue weighted by Crippen LogP contribution is -2.12. The minimum Gasteiger partial charge on any atom is -0.309 e. The lowest BCUT2D eigenvalue weighted by molar-refractivity contribution is 1.13. The van der Waals surface area contributed by atoms with Crippen molar-refractivity contribution in [1.82, 2.24) is 4.57 Å². The lowest BCUT2D eigenvalue weighted by Gasteiger charge is -2.19. The van der Waals surface area contributed by atoms with Crippen molar-refractivity contribution >= 4 is 21.8 Å². The Kier molecular flexibility index (Phi) is 3.96. The van der Waals surface area contributed by atoms with Crippen molar-refractivity contribution < 1.29 is 0 Å². The molecule has 0 fully saturated rings. The molecule has 0 aliphatic carbocycles. The molecule has 3 aromatic carbocycles. The van der Waals surface area contributed by atoms with E-state index < -0.39 is 0 Å². The molecular formula is C25H25NO. The fourth-order valence-corrected chi connectivity index (χ4v) is 3.75. The number of rotatable bonds is 1. The predicted molar refractivity (Wildman–Crippen MR) is 115 cm³/mol. The van der Waals surface area contributed by atoms with Crippen LogP contribution in [-0.2, 0) is 0 Å². The van der Waals surface area contributed by atoms with Crippen LogP contribution in [0.4, 0.5) is 0 Å². The van der Waals surface area contributed by atoms with E-state index in [-0.39, 0.29) is 5.43 Å². The van der Waals surface area contributed by atoms with Crippen molar-refractivity contribution in [3.63, 3.8) is 0 Å². The molecule has 0 amide bonds. The first-order valence-corrected chi connectivity index (χ1v) is 9.42. The molecule has 0 bridgehead atoms. The maximum atomic E-state index is 13.3. The van der Waals surface area contributed by atoms with Crippen LogP contribution >= 0.6 is 0 Å². The Morgan fingerprint density at radius 1 is 0.556 bits per heavy atom. The van der Waals surface area contributed by atoms with Crippen LogP contribution in [0.2, 0.25) is 0 Å². The Balaban J connectivity index is 2.30. The van der Waals surface area contributed by atoms with Crippen molar-refractivity contribution in [3.05, 3.63) is 86.1 Å². The second-order valence-electron chi connectivity index (χ2n) is 7.84. The summed E-state index contributed by atoms with van der Waals surface area (Å²) in [5.74, 6) is 0. The SMILES string of the molecule is Cc1ccc(-n2c3cc(C)c(C)cc3c(=O)c3cc(C)c(C)cc32)cc1C. The molecule has 27 heavy (non-hydrogen) atoms. The monoisotopic (exact) mass is 355 g/mol. The van der Waals surface area contributed by atoms with Crippen LogP contribution in [0.5, 0.6) is 0 Å². The van der Waals surface area contributed by atoms with E-state index in [9.17, 15) is 4.79 Å². The van der Waals surface area contributed by atoms with Crippen molar-refractivity contribution in [1.29, 1.82) is 0 Å². The van der Waals surface area contributed by atoms with Gasteiger partial charge in [0.15, 0.2) is 5.43 Å². The van der Waals surface area contributed by atoms with Gasteiger partial charge >= 0.3 is 0 Å². The Hall–Kier alpha value is -2.87. The summed E-state index contributed by atoms with van der Waals surface area (Å²) in [5.41, 5.74) is 10.4. The van der Waals surface area contributed by atoms with E-state index in [1.54, 1.807) is 0 Å². The Morgan fingerprint density at radius 2 is 1.00 bits per heavy atom. The third-order valence-electron chi connectivity index (χ3n) is 5.94. The van der Waals surface area contributed by atoms with Crippen molar-refractivity contribution in [2.24, 2.45) is 0 Å². The zero-order valence-corrected chi connectivity index (χ0v) is 16.9. The quantitative estimate of drug-likeness (QED) is 0.384. The molecular weight excluding hydrogens is 330 g/mol. The van der Waals surface area contributed by atoms with Gasteiger partial charge in [-0.3, -0.25) is 4.79 Å². The van der Waals surface area contributed by atoms with E-state index >= 15 is 0 Å². The Labute approximate surface area is 160 Å². The van der Waals surface area contributed by atoms with Crippen molar-refractivity contribution in [3.8, 4) is 5.69 Å². The van der Waals surface area contributed by atoms with Gasteiger partial charge in [0.05, 0.1) is 11.0 Å². The van der Waals surface area contributed by atoms with E-state index in [0.717, 1.165) is 38.6 Å². The van der Waals surface area contributed by atoms with Crippen LogP contribution in [-0.4, -0.2) is 4.57 Å². The van der Waals surface area contributed by atoms with Gasteiger partial charge in [-0.25, -0.2) is 0 Å². The molecule has 1 heterocycles. The summed E-state index contributed by atoms with van der Waals surface area (Å²) in [4.78, 5) is 13.3. The molecule has 4 aromatic rings. The van der Waals surface area contributed by atoms with Crippen molar-refractivity contribution in [2.45, 2.75) is 41.5 Å². The number of aryl methyl sites for hydroxylation is 6. The highest BCUT2D eigenvalue weighted by Gasteiger charge is 2.15. The molecule has 136 valence electrons. The van der Waals surface area contributed by atoms with Crippen LogP contribution in [0.25, 0.3) is 27.5 Å². The molecule has 4 rings (SSSR count). The van der Waals surface area contributed by atoms with Crippen LogP contribution in [0, 0.1) is 41.5 Å². The third-order valence-corrected chi connectivity index (χ3v) is 5.94. The molecule has 0 aliphatic rings. The number of hydrogen-bond donors (Lipinski definition) is 0. The van der Waals surface area contributed by atoms with Crippen LogP contribution in [0.15, 0.2) is 47.3 Å². The zero-order chi connectivity index (χ0) is 19.5. The molecule has 0 spiro atoms. The van der Waals surface area contributed by atoms with Gasteiger partial charge in [0, 0.05) is 16.5 Å². The zero-order valence-electron chi connectivity index (χ0n) is 16.9. The van der Waals surface area contributed by atoms with Crippen LogP contribution in [0.3, 0.4) is 0 Å². The van der Waals surface area contributed by atoms with E-state index in [1.165, 1.54) is 22.3 Å². The number of hydrogen-bond acceptors (Lipinski definition) is 1. The standard InChI is InChI=1S/C25H25NO/c1-14-7-8-20(9-15(14)2)26-23-12-18(5)16(3)10-21(23)25(27)22-11-17(4)19(6)13-24(22)26/h7-13H,1-6H3. The summed E-state index contributed by atoms with van der Waals surface area (Å²) in [5, 5.41) is 1.57. The molecule has 0 atom stereocenters. The predicted octanol–water partition coefficient (Wildman–Crippen LogP) is 5.99. The van der Waals surface area contributed by atoms with Gasteiger partial charge in [-0.15, -0.1) is 0 Å². The molecule has 0 saturated carbocycles. The summed E-state index contributed by atoms with van der Waals surface area (Å²) in [7, 11) is 0. The highest BCUT2D eigenvalue weighted by Crippen LogP contribution is 2.28. The van der Waals surface area contributed by atoms with Crippen LogP contribution < -0.4 is 5.43 Å². The smallest absolute Gasteiger partial charge is 0.197 e. The summed E-state index contributed by atoms with van der Waals surface area (Å²) < 4.78 is 2.25. The highest BCUT2D eigenvalue weighted by molar-refractivity contribution is 5.96. The molecule has 2 heteroatoms. The first-order chi connectivity index (χ1) is 12.8. The summed E-state index contributed by atoms with van der Waals surface area (Å²) in [6.07, 6.45) is 0. The number of benzene rings is 3. The van der Waals surface area contributed by atoms with E-state index in [4.69, 9.17) is 0 Å². The van der Waals surface area contributed by atoms with Gasteiger partial charge < -0.3 is 4.57 Å². The molecule has 2 nitrogen and oxygen atoms in total. The number of nitrogens with zero attached hydrogens (tertiary/aromatic N) is 1. The fourth-order valence-electron chi connectivity index (χ4n) is 3.75. The largest absolute Gasteiger partial charge is 0.309 e. The van der Waals surface area contributed by atoms with Gasteiger partial charge in [0.2, 0.25) is 0 Å². The van der Waals surface area contributed by atoms with E-state index in [2.05, 4.69) is 76.4 Å². The number of pyridine rings is 1. The maximum absolute atomic E-state index is 13.3. The fraction of sp³-hybridized carbons (Fsp3) is 0.240. The first kappa shape index (κ1) is 17.5. The summed E-state index contributed by atoms with van der Waals surface area (Å²) >= 11 is 0. The van der Waals surface area contributed by atoms with Crippen LogP contribution in [0.1, 0.15) is 33.4 Å². The van der Waals surface area contributed by atoms with Gasteiger partial charge in [0.1, 0.15) is 0 Å². The topological polar surface area (TPSA) is 22.0 Å². The molecule has 0 saturated heterocycles. The van der Waals surface area contributed by atoms with Gasteiger partial charge in [-0.05, 0) is 111 Å². The molecule has 0 radical (unpaired) electrons. The van der Waals surface area contributed by atoms with Gasteiger partial charge in [-0.2, -0.15) is 0 Å². The molecule has 0 aliphatic heterocycles. The van der Waals surface area contributed by atoms with Gasteiger partial charge in [0.25, 0.3) is 0 Å². The minimum absolute atomic E-state index is 0.117. The molecule has 0 unspecified atom stereocenters. The normalized spacial score (nSPS) is 11.5. The highest BCUT2D eigenvalue weighted by atomic mass is 16.1. The van der Waals surface area contributed by atoms with Crippen molar-refractivity contribution in [2.75, 3.05) is 0 Å². The lowest BCUT2D eigenvalue weighted by atomic mass is 10.00. The Morgan fingerprint density at radius 3 is 1.48 bits per heavy atom. The summed E-state index contributed by atoms with van der Waals surface area (Å²) in [6.45, 7) is 12.6. The molecule has 1 aromatic heterocycles. The average Bonchev–Trinajstić information content (AvgIpc) is 2.62. The third kappa shape index (κ3) is 2.68. The number of aromatic nitrogens is 1. The molecule has 0 N–H and O–H groups in total. The van der Waals surface area contributed by atoms with E-state index in [0.29, 0.717) is 0 Å². The first-order valence-electron chi connectivity index (χ1n) is 9.42. The van der Waals surface area contributed by atoms with E-state index in [1.807, 2.05) is 12.1 Å². The van der Waals surface area contributed by atoms with Gasteiger partial charge in [-0.1, -0.05) is 6.07 Å². The Bertz CT molecular complexity index is 1220. The number of fused-ring (bicyclic) bond motifs is 2. The second-order valence-corrected chi connectivity index (χ2v) is 7.84. The average molecular weight is 355 g/mol.